The number of benzene rings is 2. The van der Waals surface area contributed by atoms with Gasteiger partial charge in [-0.25, -0.2) is 12.8 Å². The SMILES string of the molecule is O=[N+]([O-])c1ccc(N2CCN(S(=O)(=O)c3ccc(F)cc3)CC2)cc1NCC1CCCO1. The molecule has 2 fully saturated rings. The van der Waals surface area contributed by atoms with Gasteiger partial charge < -0.3 is 15.0 Å². The van der Waals surface area contributed by atoms with Crippen molar-refractivity contribution in [1.29, 1.82) is 0 Å². The molecule has 2 saturated heterocycles. The van der Waals surface area contributed by atoms with E-state index in [9.17, 15) is 22.9 Å². The molecule has 2 aromatic rings. The zero-order valence-electron chi connectivity index (χ0n) is 17.4. The van der Waals surface area contributed by atoms with Crippen LogP contribution in [0.1, 0.15) is 12.8 Å². The Labute approximate surface area is 186 Å². The van der Waals surface area contributed by atoms with Crippen molar-refractivity contribution in [2.45, 2.75) is 23.8 Å². The first-order chi connectivity index (χ1) is 15.3. The van der Waals surface area contributed by atoms with Crippen LogP contribution in [0.2, 0.25) is 0 Å². The lowest BCUT2D eigenvalue weighted by molar-refractivity contribution is -0.383. The Morgan fingerprint density at radius 3 is 2.47 bits per heavy atom. The Morgan fingerprint density at radius 2 is 1.84 bits per heavy atom. The molecular formula is C21H25FN4O5S. The summed E-state index contributed by atoms with van der Waals surface area (Å²) < 4.78 is 45.7. The second kappa shape index (κ2) is 9.39. The average Bonchev–Trinajstić information content (AvgIpc) is 3.31. The molecule has 172 valence electrons. The lowest BCUT2D eigenvalue weighted by Gasteiger charge is -2.35. The molecule has 9 nitrogen and oxygen atoms in total. The number of ether oxygens (including phenoxy) is 1. The van der Waals surface area contributed by atoms with Crippen LogP contribution in [0.3, 0.4) is 0 Å². The third-order valence-electron chi connectivity index (χ3n) is 5.78. The number of nitrogens with one attached hydrogen (secondary N) is 1. The molecule has 11 heteroatoms. The van der Waals surface area contributed by atoms with Crippen LogP contribution < -0.4 is 10.2 Å². The Morgan fingerprint density at radius 1 is 1.12 bits per heavy atom. The second-order valence-electron chi connectivity index (χ2n) is 7.82. The van der Waals surface area contributed by atoms with Gasteiger partial charge in [-0.1, -0.05) is 0 Å². The molecule has 1 unspecified atom stereocenters. The summed E-state index contributed by atoms with van der Waals surface area (Å²) in [5, 5.41) is 14.6. The summed E-state index contributed by atoms with van der Waals surface area (Å²) in [5.74, 6) is -0.490. The van der Waals surface area contributed by atoms with E-state index in [0.29, 0.717) is 31.9 Å². The molecule has 2 aliphatic rings. The lowest BCUT2D eigenvalue weighted by Crippen LogP contribution is -2.48. The van der Waals surface area contributed by atoms with Gasteiger partial charge in [0.05, 0.1) is 15.9 Å². The molecule has 0 bridgehead atoms. The minimum atomic E-state index is -3.70. The van der Waals surface area contributed by atoms with Crippen molar-refractivity contribution in [2.75, 3.05) is 49.5 Å². The van der Waals surface area contributed by atoms with E-state index in [-0.39, 0.29) is 29.8 Å². The normalized spacial score (nSPS) is 19.8. The number of sulfonamides is 1. The molecule has 2 aliphatic heterocycles. The van der Waals surface area contributed by atoms with Gasteiger partial charge in [0.15, 0.2) is 0 Å². The van der Waals surface area contributed by atoms with Gasteiger partial charge in [-0.05, 0) is 49.2 Å². The van der Waals surface area contributed by atoms with Crippen LogP contribution in [0, 0.1) is 15.9 Å². The van der Waals surface area contributed by atoms with Crippen LogP contribution in [0.5, 0.6) is 0 Å². The van der Waals surface area contributed by atoms with Crippen molar-refractivity contribution in [2.24, 2.45) is 0 Å². The number of rotatable bonds is 7. The summed E-state index contributed by atoms with van der Waals surface area (Å²) in [6.07, 6.45) is 1.95. The molecule has 0 radical (unpaired) electrons. The number of halogens is 1. The van der Waals surface area contributed by atoms with E-state index in [4.69, 9.17) is 4.74 Å². The van der Waals surface area contributed by atoms with Gasteiger partial charge in [0, 0.05) is 51.1 Å². The third-order valence-corrected chi connectivity index (χ3v) is 7.69. The van der Waals surface area contributed by atoms with Crippen molar-refractivity contribution in [3.8, 4) is 0 Å². The molecule has 0 amide bonds. The topological polar surface area (TPSA) is 105 Å². The summed E-state index contributed by atoms with van der Waals surface area (Å²) in [7, 11) is -3.70. The molecular weight excluding hydrogens is 439 g/mol. The quantitative estimate of drug-likeness (QED) is 0.496. The standard InChI is InChI=1S/C21H25FN4O5S/c22-16-3-6-19(7-4-16)32(29,30)25-11-9-24(10-12-25)17-5-8-21(26(27)28)20(14-17)23-15-18-2-1-13-31-18/h3-8,14,18,23H,1-2,9-13,15H2. The summed E-state index contributed by atoms with van der Waals surface area (Å²) in [6, 6.07) is 9.67. The van der Waals surface area contributed by atoms with Gasteiger partial charge in [0.1, 0.15) is 11.5 Å². The molecule has 1 atom stereocenters. The Kier molecular flexibility index (Phi) is 6.58. The first-order valence-electron chi connectivity index (χ1n) is 10.5. The molecule has 2 heterocycles. The molecule has 32 heavy (non-hydrogen) atoms. The van der Waals surface area contributed by atoms with Crippen molar-refractivity contribution in [3.63, 3.8) is 0 Å². The first-order valence-corrected chi connectivity index (χ1v) is 11.9. The van der Waals surface area contributed by atoms with Crippen molar-refractivity contribution in [3.05, 3.63) is 58.4 Å². The molecule has 0 saturated carbocycles. The van der Waals surface area contributed by atoms with E-state index in [1.165, 1.54) is 22.5 Å². The van der Waals surface area contributed by atoms with Crippen LogP contribution >= 0.6 is 0 Å². The van der Waals surface area contributed by atoms with E-state index >= 15 is 0 Å². The minimum Gasteiger partial charge on any atom is -0.377 e. The van der Waals surface area contributed by atoms with Gasteiger partial charge in [0.25, 0.3) is 5.69 Å². The largest absolute Gasteiger partial charge is 0.377 e. The lowest BCUT2D eigenvalue weighted by atomic mass is 10.2. The Bertz CT molecular complexity index is 1070. The van der Waals surface area contributed by atoms with Crippen LogP contribution in [-0.4, -0.2) is 63.1 Å². The summed E-state index contributed by atoms with van der Waals surface area (Å²) in [4.78, 5) is 13.1. The highest BCUT2D eigenvalue weighted by Gasteiger charge is 2.29. The number of hydrogen-bond donors (Lipinski definition) is 1. The predicted molar refractivity (Wildman–Crippen MR) is 118 cm³/mol. The summed E-state index contributed by atoms with van der Waals surface area (Å²) >= 11 is 0. The van der Waals surface area contributed by atoms with E-state index in [2.05, 4.69) is 5.32 Å². The van der Waals surface area contributed by atoms with Crippen LogP contribution in [0.25, 0.3) is 0 Å². The molecule has 4 rings (SSSR count). The fourth-order valence-electron chi connectivity index (χ4n) is 3.99. The van der Waals surface area contributed by atoms with Gasteiger partial charge in [0.2, 0.25) is 10.0 Å². The fraction of sp³-hybridized carbons (Fsp3) is 0.429. The zero-order chi connectivity index (χ0) is 22.7. The average molecular weight is 465 g/mol. The number of nitro groups is 1. The van der Waals surface area contributed by atoms with Crippen LogP contribution in [0.4, 0.5) is 21.5 Å². The predicted octanol–water partition coefficient (Wildman–Crippen LogP) is 2.84. The maximum absolute atomic E-state index is 13.1. The van der Waals surface area contributed by atoms with Crippen LogP contribution in [-0.2, 0) is 14.8 Å². The molecule has 2 aromatic carbocycles. The first kappa shape index (κ1) is 22.4. The third kappa shape index (κ3) is 4.84. The smallest absolute Gasteiger partial charge is 0.292 e. The van der Waals surface area contributed by atoms with Crippen LogP contribution in [0.15, 0.2) is 47.4 Å². The van der Waals surface area contributed by atoms with Gasteiger partial charge in [-0.2, -0.15) is 4.31 Å². The highest BCUT2D eigenvalue weighted by atomic mass is 32.2. The van der Waals surface area contributed by atoms with Crippen molar-refractivity contribution >= 4 is 27.1 Å². The van der Waals surface area contributed by atoms with E-state index < -0.39 is 20.8 Å². The number of nitrogens with zero attached hydrogens (tertiary/aromatic N) is 3. The van der Waals surface area contributed by atoms with Gasteiger partial charge in [-0.3, -0.25) is 10.1 Å². The Hall–Kier alpha value is -2.76. The van der Waals surface area contributed by atoms with E-state index in [0.717, 1.165) is 30.7 Å². The summed E-state index contributed by atoms with van der Waals surface area (Å²) in [5.41, 5.74) is 1.19. The second-order valence-corrected chi connectivity index (χ2v) is 9.76. The summed E-state index contributed by atoms with van der Waals surface area (Å²) in [6.45, 7) is 2.59. The highest BCUT2D eigenvalue weighted by molar-refractivity contribution is 7.89. The minimum absolute atomic E-state index is 0.00993. The molecule has 0 aliphatic carbocycles. The number of nitro benzene ring substituents is 1. The highest BCUT2D eigenvalue weighted by Crippen LogP contribution is 2.31. The van der Waals surface area contributed by atoms with E-state index in [1.807, 2.05) is 4.90 Å². The maximum Gasteiger partial charge on any atom is 0.292 e. The number of anilines is 2. The van der Waals surface area contributed by atoms with Gasteiger partial charge in [-0.15, -0.1) is 0 Å². The fourth-order valence-corrected chi connectivity index (χ4v) is 5.42. The molecule has 1 N–H and O–H groups in total. The monoisotopic (exact) mass is 464 g/mol. The zero-order valence-corrected chi connectivity index (χ0v) is 18.3. The molecule has 0 spiro atoms. The van der Waals surface area contributed by atoms with Gasteiger partial charge >= 0.3 is 0 Å². The van der Waals surface area contributed by atoms with Crippen molar-refractivity contribution < 1.29 is 22.5 Å². The molecule has 0 aromatic heterocycles. The number of piperazine rings is 1. The Balaban J connectivity index is 1.45. The maximum atomic E-state index is 13.1. The number of hydrogen-bond acceptors (Lipinski definition) is 7. The van der Waals surface area contributed by atoms with E-state index in [1.54, 1.807) is 12.1 Å². The van der Waals surface area contributed by atoms with Crippen molar-refractivity contribution in [1.82, 2.24) is 4.31 Å².